The zero-order chi connectivity index (χ0) is 10.3. The Kier molecular flexibility index (Phi) is 2.22. The molecule has 1 aromatic carbocycles. The van der Waals surface area contributed by atoms with Gasteiger partial charge in [-0.3, -0.25) is 0 Å². The van der Waals surface area contributed by atoms with Crippen LogP contribution < -0.4 is 14.8 Å². The molecule has 3 nitrogen and oxygen atoms in total. The van der Waals surface area contributed by atoms with Crippen LogP contribution in [0.2, 0.25) is 5.02 Å². The minimum atomic E-state index is 0.277. The zero-order valence-corrected chi connectivity index (χ0v) is 9.01. The number of hydrogen-bond donors (Lipinski definition) is 1. The van der Waals surface area contributed by atoms with E-state index in [1.54, 1.807) is 0 Å². The van der Waals surface area contributed by atoms with Gasteiger partial charge in [0.05, 0.1) is 5.02 Å². The molecule has 0 spiro atoms. The Morgan fingerprint density at radius 2 is 2.13 bits per heavy atom. The van der Waals surface area contributed by atoms with Crippen molar-refractivity contribution in [3.05, 3.63) is 22.7 Å². The van der Waals surface area contributed by atoms with E-state index in [9.17, 15) is 0 Å². The van der Waals surface area contributed by atoms with Gasteiger partial charge in [0.1, 0.15) is 0 Å². The fourth-order valence-corrected chi connectivity index (χ4v) is 2.41. The number of rotatable bonds is 1. The van der Waals surface area contributed by atoms with Crippen molar-refractivity contribution in [3.8, 4) is 11.5 Å². The Hall–Kier alpha value is -0.930. The number of ether oxygens (including phenoxy) is 2. The lowest BCUT2D eigenvalue weighted by Gasteiger charge is -2.13. The lowest BCUT2D eigenvalue weighted by atomic mass is 10.0. The molecule has 1 fully saturated rings. The van der Waals surface area contributed by atoms with Gasteiger partial charge in [-0.2, -0.15) is 0 Å². The Balaban J connectivity index is 2.04. The summed E-state index contributed by atoms with van der Waals surface area (Å²) in [5.41, 5.74) is 1.17. The van der Waals surface area contributed by atoms with Crippen molar-refractivity contribution in [2.45, 2.75) is 18.9 Å². The van der Waals surface area contributed by atoms with E-state index in [0.29, 0.717) is 16.8 Å². The van der Waals surface area contributed by atoms with E-state index in [1.165, 1.54) is 12.0 Å². The van der Waals surface area contributed by atoms with Gasteiger partial charge in [0, 0.05) is 11.6 Å². The van der Waals surface area contributed by atoms with Gasteiger partial charge in [0.15, 0.2) is 11.5 Å². The maximum absolute atomic E-state index is 6.02. The van der Waals surface area contributed by atoms with Crippen LogP contribution in [0, 0.1) is 0 Å². The number of fused-ring (bicyclic) bond motifs is 1. The number of halogens is 1. The van der Waals surface area contributed by atoms with E-state index in [2.05, 4.69) is 5.32 Å². The molecule has 1 saturated heterocycles. The summed E-state index contributed by atoms with van der Waals surface area (Å²) in [5, 5.41) is 4.07. The largest absolute Gasteiger partial charge is 0.453 e. The highest BCUT2D eigenvalue weighted by atomic mass is 35.5. The van der Waals surface area contributed by atoms with Crippen molar-refractivity contribution in [1.82, 2.24) is 5.32 Å². The summed E-state index contributed by atoms with van der Waals surface area (Å²) in [6.45, 7) is 1.35. The van der Waals surface area contributed by atoms with Gasteiger partial charge in [0.2, 0.25) is 6.79 Å². The summed E-state index contributed by atoms with van der Waals surface area (Å²) in [6.07, 6.45) is 2.36. The third-order valence-electron chi connectivity index (χ3n) is 2.94. The van der Waals surface area contributed by atoms with Crippen LogP contribution in [0.1, 0.15) is 24.4 Å². The van der Waals surface area contributed by atoms with Gasteiger partial charge < -0.3 is 14.8 Å². The topological polar surface area (TPSA) is 30.5 Å². The van der Waals surface area contributed by atoms with Crippen molar-refractivity contribution >= 4 is 11.6 Å². The zero-order valence-electron chi connectivity index (χ0n) is 8.25. The summed E-state index contributed by atoms with van der Waals surface area (Å²) in [6, 6.07) is 4.29. The standard InChI is InChI=1S/C11H12ClNO2/c12-8-4-3-7(9-2-1-5-13-9)10-11(8)15-6-14-10/h3-4,9,13H,1-2,5-6H2. The first-order chi connectivity index (χ1) is 7.36. The third kappa shape index (κ3) is 1.46. The van der Waals surface area contributed by atoms with Crippen molar-refractivity contribution in [1.29, 1.82) is 0 Å². The molecule has 1 atom stereocenters. The Morgan fingerprint density at radius 3 is 2.93 bits per heavy atom. The highest BCUT2D eigenvalue weighted by molar-refractivity contribution is 6.32. The van der Waals surface area contributed by atoms with Crippen molar-refractivity contribution in [2.75, 3.05) is 13.3 Å². The van der Waals surface area contributed by atoms with Gasteiger partial charge in [-0.15, -0.1) is 0 Å². The van der Waals surface area contributed by atoms with Crippen LogP contribution in [0.4, 0.5) is 0 Å². The number of hydrogen-bond acceptors (Lipinski definition) is 3. The number of nitrogens with one attached hydrogen (secondary N) is 1. The quantitative estimate of drug-likeness (QED) is 0.797. The van der Waals surface area contributed by atoms with Crippen LogP contribution >= 0.6 is 11.6 Å². The third-order valence-corrected chi connectivity index (χ3v) is 3.23. The molecule has 3 rings (SSSR count). The van der Waals surface area contributed by atoms with Crippen LogP contribution in [0.3, 0.4) is 0 Å². The van der Waals surface area contributed by atoms with E-state index in [-0.39, 0.29) is 6.79 Å². The molecule has 2 aliphatic rings. The molecule has 0 saturated carbocycles. The van der Waals surface area contributed by atoms with E-state index in [0.717, 1.165) is 18.7 Å². The van der Waals surface area contributed by atoms with Crippen LogP contribution in [0.5, 0.6) is 11.5 Å². The minimum Gasteiger partial charge on any atom is -0.453 e. The molecule has 2 heterocycles. The lowest BCUT2D eigenvalue weighted by Crippen LogP contribution is -2.13. The van der Waals surface area contributed by atoms with E-state index in [1.807, 2.05) is 12.1 Å². The molecule has 0 bridgehead atoms. The SMILES string of the molecule is Clc1ccc(C2CCCN2)c2c1OCO2. The summed E-state index contributed by atoms with van der Waals surface area (Å²) in [5.74, 6) is 1.52. The Bertz CT molecular complexity index is 388. The molecular weight excluding hydrogens is 214 g/mol. The second kappa shape index (κ2) is 3.58. The normalized spacial score (nSPS) is 23.4. The molecule has 1 unspecified atom stereocenters. The first-order valence-electron chi connectivity index (χ1n) is 5.17. The van der Waals surface area contributed by atoms with E-state index >= 15 is 0 Å². The predicted octanol–water partition coefficient (Wildman–Crippen LogP) is 2.49. The molecule has 4 heteroatoms. The van der Waals surface area contributed by atoms with Gasteiger partial charge in [-0.1, -0.05) is 17.7 Å². The first-order valence-corrected chi connectivity index (χ1v) is 5.55. The van der Waals surface area contributed by atoms with Crippen LogP contribution in [-0.4, -0.2) is 13.3 Å². The van der Waals surface area contributed by atoms with Gasteiger partial charge in [-0.25, -0.2) is 0 Å². The van der Waals surface area contributed by atoms with Gasteiger partial charge >= 0.3 is 0 Å². The minimum absolute atomic E-state index is 0.277. The van der Waals surface area contributed by atoms with Crippen LogP contribution in [0.15, 0.2) is 12.1 Å². The molecule has 2 aliphatic heterocycles. The molecule has 1 N–H and O–H groups in total. The molecular formula is C11H12ClNO2. The molecule has 15 heavy (non-hydrogen) atoms. The van der Waals surface area contributed by atoms with Gasteiger partial charge in [-0.05, 0) is 25.5 Å². The highest BCUT2D eigenvalue weighted by Gasteiger charge is 2.27. The molecule has 0 radical (unpaired) electrons. The summed E-state index contributed by atoms with van der Waals surface area (Å²) >= 11 is 6.02. The second-order valence-electron chi connectivity index (χ2n) is 3.85. The maximum Gasteiger partial charge on any atom is 0.231 e. The Labute approximate surface area is 93.3 Å². The average Bonchev–Trinajstić information content (AvgIpc) is 2.88. The van der Waals surface area contributed by atoms with Gasteiger partial charge in [0.25, 0.3) is 0 Å². The Morgan fingerprint density at radius 1 is 1.27 bits per heavy atom. The lowest BCUT2D eigenvalue weighted by molar-refractivity contribution is 0.173. The first kappa shape index (κ1) is 9.31. The highest BCUT2D eigenvalue weighted by Crippen LogP contribution is 2.44. The fraction of sp³-hybridized carbons (Fsp3) is 0.455. The van der Waals surface area contributed by atoms with Crippen molar-refractivity contribution in [2.24, 2.45) is 0 Å². The summed E-state index contributed by atoms with van der Waals surface area (Å²) < 4.78 is 10.8. The van der Waals surface area contributed by atoms with E-state index in [4.69, 9.17) is 21.1 Å². The molecule has 1 aromatic rings. The maximum atomic E-state index is 6.02. The summed E-state index contributed by atoms with van der Waals surface area (Å²) in [4.78, 5) is 0. The van der Waals surface area contributed by atoms with Crippen LogP contribution in [-0.2, 0) is 0 Å². The smallest absolute Gasteiger partial charge is 0.231 e. The molecule has 0 aliphatic carbocycles. The molecule has 80 valence electrons. The van der Waals surface area contributed by atoms with Crippen molar-refractivity contribution < 1.29 is 9.47 Å². The average molecular weight is 226 g/mol. The predicted molar refractivity (Wildman–Crippen MR) is 57.6 cm³/mol. The van der Waals surface area contributed by atoms with Crippen LogP contribution in [0.25, 0.3) is 0 Å². The molecule has 0 amide bonds. The fourth-order valence-electron chi connectivity index (χ4n) is 2.21. The molecule has 0 aromatic heterocycles. The second-order valence-corrected chi connectivity index (χ2v) is 4.26. The monoisotopic (exact) mass is 225 g/mol. The van der Waals surface area contributed by atoms with E-state index < -0.39 is 0 Å². The van der Waals surface area contributed by atoms with Crippen molar-refractivity contribution in [3.63, 3.8) is 0 Å². The summed E-state index contributed by atoms with van der Waals surface area (Å²) in [7, 11) is 0. The number of benzene rings is 1.